The van der Waals surface area contributed by atoms with Crippen LogP contribution in [0.5, 0.6) is 0 Å². The monoisotopic (exact) mass is 211 g/mol. The van der Waals surface area contributed by atoms with E-state index in [1.54, 1.807) is 0 Å². The summed E-state index contributed by atoms with van der Waals surface area (Å²) in [5.41, 5.74) is 2.31. The Balaban J connectivity index is 2.51. The summed E-state index contributed by atoms with van der Waals surface area (Å²) in [5.74, 6) is 5.85. The molecule has 2 rings (SSSR count). The van der Waals surface area contributed by atoms with E-state index in [0.717, 1.165) is 0 Å². The summed E-state index contributed by atoms with van der Waals surface area (Å²) in [6.45, 7) is 0. The Bertz CT molecular complexity index is 426. The first kappa shape index (κ1) is 8.85. The third-order valence-corrected chi connectivity index (χ3v) is 1.76. The second-order valence-electron chi connectivity index (χ2n) is 2.35. The Morgan fingerprint density at radius 2 is 2.36 bits per heavy atom. The van der Waals surface area contributed by atoms with Crippen LogP contribution in [0.3, 0.4) is 0 Å². The second-order valence-corrected chi connectivity index (χ2v) is 2.76. The SMILES string of the molecule is NNc1ncc(Cl)c(-n2cncn2)n1. The number of hydrogen-bond acceptors (Lipinski definition) is 6. The van der Waals surface area contributed by atoms with E-state index in [1.807, 2.05) is 0 Å². The maximum atomic E-state index is 5.86. The summed E-state index contributed by atoms with van der Waals surface area (Å²) in [6.07, 6.45) is 4.29. The molecule has 0 unspecified atom stereocenters. The minimum absolute atomic E-state index is 0.264. The van der Waals surface area contributed by atoms with Crippen LogP contribution in [0.1, 0.15) is 0 Å². The highest BCUT2D eigenvalue weighted by atomic mass is 35.5. The molecule has 0 saturated heterocycles. The lowest BCUT2D eigenvalue weighted by Gasteiger charge is -2.03. The Kier molecular flexibility index (Phi) is 2.25. The summed E-state index contributed by atoms with van der Waals surface area (Å²) in [7, 11) is 0. The molecule has 0 radical (unpaired) electrons. The van der Waals surface area contributed by atoms with Gasteiger partial charge in [0, 0.05) is 0 Å². The normalized spacial score (nSPS) is 10.1. The first-order valence-corrected chi connectivity index (χ1v) is 4.03. The van der Waals surface area contributed by atoms with Gasteiger partial charge in [-0.25, -0.2) is 20.5 Å². The number of aromatic nitrogens is 5. The second kappa shape index (κ2) is 3.56. The lowest BCUT2D eigenvalue weighted by atomic mass is 10.6. The van der Waals surface area contributed by atoms with Gasteiger partial charge in [0.15, 0.2) is 5.82 Å². The number of hydrogen-bond donors (Lipinski definition) is 2. The zero-order valence-electron chi connectivity index (χ0n) is 6.92. The molecule has 0 fully saturated rings. The molecule has 0 saturated carbocycles. The van der Waals surface area contributed by atoms with E-state index in [9.17, 15) is 0 Å². The van der Waals surface area contributed by atoms with Crippen LogP contribution in [0.2, 0.25) is 5.02 Å². The molecule has 2 aromatic heterocycles. The van der Waals surface area contributed by atoms with Crippen molar-refractivity contribution in [3.05, 3.63) is 23.9 Å². The van der Waals surface area contributed by atoms with Crippen LogP contribution in [0, 0.1) is 0 Å². The Morgan fingerprint density at radius 3 is 3.00 bits per heavy atom. The van der Waals surface area contributed by atoms with Gasteiger partial charge in [0.05, 0.1) is 6.20 Å². The van der Waals surface area contributed by atoms with Crippen molar-refractivity contribution >= 4 is 17.5 Å². The van der Waals surface area contributed by atoms with Crippen LogP contribution in [0.25, 0.3) is 5.82 Å². The van der Waals surface area contributed by atoms with Crippen LogP contribution < -0.4 is 11.3 Å². The van der Waals surface area contributed by atoms with Crippen molar-refractivity contribution < 1.29 is 0 Å². The lowest BCUT2D eigenvalue weighted by molar-refractivity contribution is 0.838. The van der Waals surface area contributed by atoms with Gasteiger partial charge in [0.2, 0.25) is 5.95 Å². The molecule has 0 aliphatic heterocycles. The smallest absolute Gasteiger partial charge is 0.239 e. The van der Waals surface area contributed by atoms with Crippen molar-refractivity contribution in [1.29, 1.82) is 0 Å². The molecular weight excluding hydrogens is 206 g/mol. The number of rotatable bonds is 2. The van der Waals surface area contributed by atoms with E-state index < -0.39 is 0 Å². The van der Waals surface area contributed by atoms with Crippen LogP contribution in [0.15, 0.2) is 18.9 Å². The molecule has 0 bridgehead atoms. The standard InChI is InChI=1S/C6H6ClN7/c7-4-1-10-6(13-8)12-5(4)14-3-9-2-11-14/h1-3H,8H2,(H,10,12,13). The molecule has 0 aliphatic carbocycles. The average molecular weight is 212 g/mol. The summed E-state index contributed by atoms with van der Waals surface area (Å²) in [4.78, 5) is 11.6. The van der Waals surface area contributed by atoms with Gasteiger partial charge in [-0.15, -0.1) is 0 Å². The highest BCUT2D eigenvalue weighted by Crippen LogP contribution is 2.16. The molecule has 3 N–H and O–H groups in total. The van der Waals surface area contributed by atoms with Crippen LogP contribution >= 0.6 is 11.6 Å². The lowest BCUT2D eigenvalue weighted by Crippen LogP contribution is -2.12. The van der Waals surface area contributed by atoms with E-state index in [4.69, 9.17) is 17.4 Å². The van der Waals surface area contributed by atoms with E-state index in [1.165, 1.54) is 23.5 Å². The fourth-order valence-corrected chi connectivity index (χ4v) is 1.08. The van der Waals surface area contributed by atoms with Crippen molar-refractivity contribution in [2.45, 2.75) is 0 Å². The molecule has 0 spiro atoms. The molecule has 8 heteroatoms. The molecular formula is C6H6ClN7. The number of halogens is 1. The number of nitrogens with zero attached hydrogens (tertiary/aromatic N) is 5. The summed E-state index contributed by atoms with van der Waals surface area (Å²) < 4.78 is 1.42. The molecule has 0 atom stereocenters. The summed E-state index contributed by atoms with van der Waals surface area (Å²) >= 11 is 5.86. The minimum atomic E-state index is 0.264. The van der Waals surface area contributed by atoms with Crippen LogP contribution in [-0.4, -0.2) is 24.7 Å². The summed E-state index contributed by atoms with van der Waals surface area (Å²) in [6, 6.07) is 0. The van der Waals surface area contributed by atoms with Gasteiger partial charge in [-0.3, -0.25) is 5.43 Å². The predicted molar refractivity (Wildman–Crippen MR) is 49.8 cm³/mol. The summed E-state index contributed by atoms with van der Waals surface area (Å²) in [5, 5.41) is 4.25. The highest BCUT2D eigenvalue weighted by Gasteiger charge is 2.06. The third kappa shape index (κ3) is 1.50. The van der Waals surface area contributed by atoms with E-state index in [-0.39, 0.29) is 5.95 Å². The van der Waals surface area contributed by atoms with E-state index in [0.29, 0.717) is 10.8 Å². The van der Waals surface area contributed by atoms with Crippen molar-refractivity contribution in [3.8, 4) is 5.82 Å². The van der Waals surface area contributed by atoms with Crippen LogP contribution in [0.4, 0.5) is 5.95 Å². The first-order valence-electron chi connectivity index (χ1n) is 3.65. The fourth-order valence-electron chi connectivity index (χ4n) is 0.906. The van der Waals surface area contributed by atoms with Gasteiger partial charge in [0.1, 0.15) is 17.7 Å². The number of anilines is 1. The zero-order valence-corrected chi connectivity index (χ0v) is 7.68. The fraction of sp³-hybridized carbons (Fsp3) is 0. The van der Waals surface area contributed by atoms with Gasteiger partial charge < -0.3 is 0 Å². The number of nitrogens with two attached hydrogens (primary N) is 1. The van der Waals surface area contributed by atoms with E-state index in [2.05, 4.69) is 25.5 Å². The van der Waals surface area contributed by atoms with Crippen molar-refractivity contribution in [1.82, 2.24) is 24.7 Å². The number of nitrogens with one attached hydrogen (secondary N) is 1. The van der Waals surface area contributed by atoms with Gasteiger partial charge in [0.25, 0.3) is 0 Å². The largest absolute Gasteiger partial charge is 0.292 e. The first-order chi connectivity index (χ1) is 6.81. The van der Waals surface area contributed by atoms with Crippen LogP contribution in [-0.2, 0) is 0 Å². The van der Waals surface area contributed by atoms with Gasteiger partial charge in [-0.1, -0.05) is 11.6 Å². The zero-order chi connectivity index (χ0) is 9.97. The Morgan fingerprint density at radius 1 is 1.50 bits per heavy atom. The van der Waals surface area contributed by atoms with Gasteiger partial charge >= 0.3 is 0 Å². The Labute approximate surface area is 83.9 Å². The highest BCUT2D eigenvalue weighted by molar-refractivity contribution is 6.32. The maximum Gasteiger partial charge on any atom is 0.239 e. The van der Waals surface area contributed by atoms with Gasteiger partial charge in [-0.2, -0.15) is 10.1 Å². The van der Waals surface area contributed by atoms with Crippen molar-refractivity contribution in [2.75, 3.05) is 5.43 Å². The number of nitrogen functional groups attached to an aromatic ring is 1. The average Bonchev–Trinajstić information content (AvgIpc) is 2.71. The maximum absolute atomic E-state index is 5.86. The molecule has 0 aromatic carbocycles. The minimum Gasteiger partial charge on any atom is -0.292 e. The molecule has 0 aliphatic rings. The predicted octanol–water partition coefficient (Wildman–Crippen LogP) is -0.00370. The molecule has 7 nitrogen and oxygen atoms in total. The quantitative estimate of drug-likeness (QED) is 0.536. The molecule has 0 amide bonds. The van der Waals surface area contributed by atoms with Crippen molar-refractivity contribution in [2.24, 2.45) is 5.84 Å². The van der Waals surface area contributed by atoms with Crippen molar-refractivity contribution in [3.63, 3.8) is 0 Å². The van der Waals surface area contributed by atoms with E-state index >= 15 is 0 Å². The van der Waals surface area contributed by atoms with Gasteiger partial charge in [-0.05, 0) is 0 Å². The molecule has 2 aromatic rings. The molecule has 14 heavy (non-hydrogen) atoms. The molecule has 72 valence electrons. The Hall–Kier alpha value is -1.73. The topological polar surface area (TPSA) is 94.5 Å². The number of hydrazine groups is 1. The third-order valence-electron chi connectivity index (χ3n) is 1.49. The molecule has 2 heterocycles.